The van der Waals surface area contributed by atoms with Gasteiger partial charge in [-0.1, -0.05) is 6.92 Å². The van der Waals surface area contributed by atoms with Crippen LogP contribution in [0, 0.1) is 16.0 Å². The van der Waals surface area contributed by atoms with Gasteiger partial charge in [-0.2, -0.15) is 0 Å². The normalized spacial score (nSPS) is 17.2. The number of aromatic hydroxyl groups is 1. The summed E-state index contributed by atoms with van der Waals surface area (Å²) in [6.07, 6.45) is 2.20. The Labute approximate surface area is 154 Å². The first kappa shape index (κ1) is 17.1. The number of aromatic nitrogens is 2. The number of rotatable bonds is 4. The first-order valence-corrected chi connectivity index (χ1v) is 8.77. The summed E-state index contributed by atoms with van der Waals surface area (Å²) in [6, 6.07) is 8.05. The van der Waals surface area contributed by atoms with Gasteiger partial charge in [0.1, 0.15) is 11.4 Å². The first-order valence-electron chi connectivity index (χ1n) is 8.77. The van der Waals surface area contributed by atoms with Crippen molar-refractivity contribution < 1.29 is 14.7 Å². The summed E-state index contributed by atoms with van der Waals surface area (Å²) in [5.74, 6) is 0.645. The number of piperidine rings is 1. The van der Waals surface area contributed by atoms with E-state index in [-0.39, 0.29) is 17.0 Å². The lowest BCUT2D eigenvalue weighted by Crippen LogP contribution is -2.34. The van der Waals surface area contributed by atoms with Gasteiger partial charge in [0, 0.05) is 18.8 Å². The van der Waals surface area contributed by atoms with Gasteiger partial charge in [-0.25, -0.2) is 4.63 Å². The Morgan fingerprint density at radius 2 is 2.04 bits per heavy atom. The molecule has 3 aromatic rings. The molecule has 1 saturated heterocycles. The molecule has 1 aromatic heterocycles. The molecule has 140 valence electrons. The van der Waals surface area contributed by atoms with E-state index in [0.717, 1.165) is 31.6 Å². The average molecular weight is 369 g/mol. The van der Waals surface area contributed by atoms with Crippen molar-refractivity contribution in [1.29, 1.82) is 0 Å². The van der Waals surface area contributed by atoms with Crippen molar-refractivity contribution in [2.45, 2.75) is 19.8 Å². The third kappa shape index (κ3) is 3.23. The monoisotopic (exact) mass is 369 g/mol. The quantitative estimate of drug-likeness (QED) is 0.405. The number of nitro groups is 1. The van der Waals surface area contributed by atoms with Crippen LogP contribution >= 0.6 is 0 Å². The van der Waals surface area contributed by atoms with Crippen LogP contribution in [0.25, 0.3) is 11.0 Å². The molecule has 1 fully saturated rings. The van der Waals surface area contributed by atoms with Gasteiger partial charge < -0.3 is 15.3 Å². The van der Waals surface area contributed by atoms with E-state index < -0.39 is 4.92 Å². The second kappa shape index (κ2) is 6.75. The van der Waals surface area contributed by atoms with Crippen molar-refractivity contribution in [3.05, 3.63) is 40.4 Å². The highest BCUT2D eigenvalue weighted by Crippen LogP contribution is 2.40. The highest BCUT2D eigenvalue weighted by Gasteiger charge is 2.29. The Hall–Kier alpha value is -3.36. The van der Waals surface area contributed by atoms with Crippen molar-refractivity contribution in [3.63, 3.8) is 0 Å². The maximum absolute atomic E-state index is 11.7. The van der Waals surface area contributed by atoms with E-state index in [0.29, 0.717) is 22.8 Å². The number of fused-ring (bicyclic) bond motifs is 1. The minimum atomic E-state index is -0.488. The standard InChI is InChI=1S/C18H19N5O4/c1-11-3-2-8-22(10-11)15-9-14(19-12-4-6-13(24)7-5-12)18(23(25)26)17-16(15)20-27-21-17/h4-7,9,11,19,24H,2-3,8,10H2,1H3/t11-/m0/s1. The van der Waals surface area contributed by atoms with E-state index in [4.69, 9.17) is 4.63 Å². The summed E-state index contributed by atoms with van der Waals surface area (Å²) >= 11 is 0. The third-order valence-corrected chi connectivity index (χ3v) is 4.82. The molecular formula is C18H19N5O4. The molecule has 0 radical (unpaired) electrons. The maximum atomic E-state index is 11.7. The molecule has 1 atom stereocenters. The molecule has 2 aromatic carbocycles. The van der Waals surface area contributed by atoms with Crippen LogP contribution in [0.4, 0.5) is 22.7 Å². The molecule has 9 heteroatoms. The van der Waals surface area contributed by atoms with Gasteiger partial charge >= 0.3 is 5.69 Å². The van der Waals surface area contributed by atoms with Crippen molar-refractivity contribution in [3.8, 4) is 5.75 Å². The number of phenolic OH excluding ortho intramolecular Hbond substituents is 1. The largest absolute Gasteiger partial charge is 0.508 e. The van der Waals surface area contributed by atoms with E-state index in [1.54, 1.807) is 18.2 Å². The minimum absolute atomic E-state index is 0.120. The van der Waals surface area contributed by atoms with Crippen molar-refractivity contribution in [1.82, 2.24) is 10.3 Å². The summed E-state index contributed by atoms with van der Waals surface area (Å²) in [7, 11) is 0. The molecule has 9 nitrogen and oxygen atoms in total. The van der Waals surface area contributed by atoms with Gasteiger partial charge in [-0.3, -0.25) is 10.1 Å². The van der Waals surface area contributed by atoms with Crippen LogP contribution in [-0.4, -0.2) is 33.4 Å². The Morgan fingerprint density at radius 3 is 2.74 bits per heavy atom. The molecule has 0 saturated carbocycles. The number of nitrogens with one attached hydrogen (secondary N) is 1. The third-order valence-electron chi connectivity index (χ3n) is 4.82. The Morgan fingerprint density at radius 1 is 1.30 bits per heavy atom. The van der Waals surface area contributed by atoms with E-state index >= 15 is 0 Å². The number of phenols is 1. The van der Waals surface area contributed by atoms with Gasteiger partial charge in [-0.15, -0.1) is 0 Å². The van der Waals surface area contributed by atoms with E-state index in [1.807, 2.05) is 0 Å². The number of anilines is 3. The summed E-state index contributed by atoms with van der Waals surface area (Å²) in [5.41, 5.74) is 2.02. The zero-order chi connectivity index (χ0) is 19.0. The number of hydrogen-bond donors (Lipinski definition) is 2. The predicted molar refractivity (Wildman–Crippen MR) is 100 cm³/mol. The second-order valence-electron chi connectivity index (χ2n) is 6.88. The Bertz CT molecular complexity index is 985. The highest BCUT2D eigenvalue weighted by molar-refractivity contribution is 6.00. The van der Waals surface area contributed by atoms with Crippen molar-refractivity contribution >= 4 is 33.8 Å². The fraction of sp³-hybridized carbons (Fsp3) is 0.333. The van der Waals surface area contributed by atoms with Crippen LogP contribution in [-0.2, 0) is 0 Å². The Kier molecular flexibility index (Phi) is 4.27. The molecule has 0 spiro atoms. The van der Waals surface area contributed by atoms with Crippen molar-refractivity contribution in [2.75, 3.05) is 23.3 Å². The number of nitro benzene ring substituents is 1. The summed E-state index contributed by atoms with van der Waals surface area (Å²) in [5, 5.41) is 32.0. The summed E-state index contributed by atoms with van der Waals surface area (Å²) in [6.45, 7) is 3.88. The van der Waals surface area contributed by atoms with Gasteiger partial charge in [0.15, 0.2) is 5.52 Å². The lowest BCUT2D eigenvalue weighted by atomic mass is 9.99. The van der Waals surface area contributed by atoms with E-state index in [2.05, 4.69) is 27.5 Å². The molecule has 1 aliphatic rings. The van der Waals surface area contributed by atoms with Crippen LogP contribution in [0.15, 0.2) is 35.0 Å². The molecule has 1 aliphatic heterocycles. The lowest BCUT2D eigenvalue weighted by Gasteiger charge is -2.32. The second-order valence-corrected chi connectivity index (χ2v) is 6.88. The lowest BCUT2D eigenvalue weighted by molar-refractivity contribution is -0.382. The molecule has 0 amide bonds. The van der Waals surface area contributed by atoms with E-state index in [9.17, 15) is 15.2 Å². The average Bonchev–Trinajstić information content (AvgIpc) is 3.12. The fourth-order valence-corrected chi connectivity index (χ4v) is 3.54. The minimum Gasteiger partial charge on any atom is -0.508 e. The molecule has 4 rings (SSSR count). The van der Waals surface area contributed by atoms with Crippen molar-refractivity contribution in [2.24, 2.45) is 5.92 Å². The summed E-state index contributed by atoms with van der Waals surface area (Å²) < 4.78 is 4.84. The van der Waals surface area contributed by atoms with Gasteiger partial charge in [0.25, 0.3) is 0 Å². The maximum Gasteiger partial charge on any atom is 0.324 e. The number of benzene rings is 2. The molecule has 27 heavy (non-hydrogen) atoms. The van der Waals surface area contributed by atoms with Crippen LogP contribution in [0.5, 0.6) is 5.75 Å². The van der Waals surface area contributed by atoms with Crippen LogP contribution in [0.2, 0.25) is 0 Å². The zero-order valence-electron chi connectivity index (χ0n) is 14.8. The smallest absolute Gasteiger partial charge is 0.324 e. The van der Waals surface area contributed by atoms with Crippen LogP contribution < -0.4 is 10.2 Å². The summed E-state index contributed by atoms with van der Waals surface area (Å²) in [4.78, 5) is 13.4. The molecule has 2 N–H and O–H groups in total. The topological polar surface area (TPSA) is 118 Å². The fourth-order valence-electron chi connectivity index (χ4n) is 3.54. The number of nitrogens with zero attached hydrogens (tertiary/aromatic N) is 4. The Balaban J connectivity index is 1.84. The van der Waals surface area contributed by atoms with Crippen LogP contribution in [0.1, 0.15) is 19.8 Å². The van der Waals surface area contributed by atoms with Gasteiger partial charge in [-0.05, 0) is 59.4 Å². The highest BCUT2D eigenvalue weighted by atomic mass is 16.6. The van der Waals surface area contributed by atoms with Crippen LogP contribution in [0.3, 0.4) is 0 Å². The molecule has 0 aliphatic carbocycles. The van der Waals surface area contributed by atoms with Gasteiger partial charge in [0.2, 0.25) is 5.52 Å². The molecule has 2 heterocycles. The predicted octanol–water partition coefficient (Wildman–Crippen LogP) is 3.82. The molecular weight excluding hydrogens is 350 g/mol. The van der Waals surface area contributed by atoms with E-state index in [1.165, 1.54) is 12.1 Å². The molecule has 0 unspecified atom stereocenters. The molecule has 0 bridgehead atoms. The number of hydrogen-bond acceptors (Lipinski definition) is 8. The van der Waals surface area contributed by atoms with Gasteiger partial charge in [0.05, 0.1) is 10.6 Å². The first-order chi connectivity index (χ1) is 13.0. The SMILES string of the molecule is C[C@H]1CCCN(c2cc(Nc3ccc(O)cc3)c([N+](=O)[O-])c3nonc23)C1. The zero-order valence-corrected chi connectivity index (χ0v) is 14.8.